The van der Waals surface area contributed by atoms with Gasteiger partial charge in [0, 0.05) is 23.3 Å². The zero-order valence-electron chi connectivity index (χ0n) is 9.87. The highest BCUT2D eigenvalue weighted by molar-refractivity contribution is 7.18. The molecule has 0 saturated heterocycles. The number of aromatic amines is 1. The van der Waals surface area contributed by atoms with Gasteiger partial charge in [-0.1, -0.05) is 28.1 Å². The van der Waals surface area contributed by atoms with Gasteiger partial charge in [-0.05, 0) is 12.1 Å². The SMILES string of the molecule is Clc1cnc(-c2nc(-c3ccnc4[nH]ccc34)no2)s1. The lowest BCUT2D eigenvalue weighted by molar-refractivity contribution is 0.432. The molecular formula is C12H6ClN5OS. The molecule has 0 fully saturated rings. The lowest BCUT2D eigenvalue weighted by atomic mass is 10.2. The number of pyridine rings is 1. The number of thiazole rings is 1. The zero-order chi connectivity index (χ0) is 13.5. The molecule has 0 saturated carbocycles. The summed E-state index contributed by atoms with van der Waals surface area (Å²) in [4.78, 5) is 15.8. The Morgan fingerprint density at radius 2 is 2.20 bits per heavy atom. The van der Waals surface area contributed by atoms with Gasteiger partial charge in [0.25, 0.3) is 5.89 Å². The van der Waals surface area contributed by atoms with Crippen LogP contribution in [0.25, 0.3) is 33.3 Å². The molecule has 0 amide bonds. The second-order valence-corrected chi connectivity index (χ2v) is 5.65. The first-order valence-electron chi connectivity index (χ1n) is 5.69. The van der Waals surface area contributed by atoms with E-state index < -0.39 is 0 Å². The molecule has 0 aliphatic heterocycles. The third kappa shape index (κ3) is 1.79. The molecule has 98 valence electrons. The summed E-state index contributed by atoms with van der Waals surface area (Å²) in [5.74, 6) is 0.857. The fourth-order valence-electron chi connectivity index (χ4n) is 1.93. The Bertz CT molecular complexity index is 896. The normalized spacial score (nSPS) is 11.2. The molecule has 0 aliphatic carbocycles. The van der Waals surface area contributed by atoms with Crippen molar-refractivity contribution in [2.45, 2.75) is 0 Å². The van der Waals surface area contributed by atoms with Gasteiger partial charge in [-0.25, -0.2) is 9.97 Å². The standard InChI is InChI=1S/C12H6ClN5OS/c13-8-5-16-12(20-8)11-17-10(18-19-11)7-2-4-15-9-6(7)1-3-14-9/h1-5H,(H,14,15). The molecule has 4 heterocycles. The largest absolute Gasteiger partial charge is 0.346 e. The van der Waals surface area contributed by atoms with Gasteiger partial charge in [0.05, 0.1) is 6.20 Å². The molecule has 4 aromatic rings. The van der Waals surface area contributed by atoms with Crippen molar-refractivity contribution in [2.24, 2.45) is 0 Å². The lowest BCUT2D eigenvalue weighted by Crippen LogP contribution is -1.84. The van der Waals surface area contributed by atoms with E-state index in [9.17, 15) is 0 Å². The van der Waals surface area contributed by atoms with Crippen LogP contribution in [0.15, 0.2) is 35.2 Å². The number of rotatable bonds is 2. The van der Waals surface area contributed by atoms with Crippen LogP contribution in [0, 0.1) is 0 Å². The highest BCUT2D eigenvalue weighted by atomic mass is 35.5. The van der Waals surface area contributed by atoms with Crippen LogP contribution in [-0.4, -0.2) is 25.1 Å². The van der Waals surface area contributed by atoms with Crippen molar-refractivity contribution in [3.63, 3.8) is 0 Å². The number of aromatic nitrogens is 5. The molecule has 0 aromatic carbocycles. The van der Waals surface area contributed by atoms with Crippen molar-refractivity contribution >= 4 is 34.0 Å². The maximum atomic E-state index is 5.85. The Morgan fingerprint density at radius 3 is 3.05 bits per heavy atom. The molecule has 0 spiro atoms. The van der Waals surface area contributed by atoms with Crippen LogP contribution in [0.5, 0.6) is 0 Å². The first-order chi connectivity index (χ1) is 9.81. The van der Waals surface area contributed by atoms with Gasteiger partial charge in [0.15, 0.2) is 5.01 Å². The van der Waals surface area contributed by atoms with Crippen molar-refractivity contribution < 1.29 is 4.52 Å². The summed E-state index contributed by atoms with van der Waals surface area (Å²) in [6.45, 7) is 0. The van der Waals surface area contributed by atoms with E-state index in [1.165, 1.54) is 11.3 Å². The first-order valence-corrected chi connectivity index (χ1v) is 6.88. The van der Waals surface area contributed by atoms with Crippen LogP contribution in [0.3, 0.4) is 0 Å². The number of hydrogen-bond acceptors (Lipinski definition) is 6. The first kappa shape index (κ1) is 11.6. The van der Waals surface area contributed by atoms with Crippen molar-refractivity contribution in [1.82, 2.24) is 25.1 Å². The summed E-state index contributed by atoms with van der Waals surface area (Å²) < 4.78 is 5.82. The van der Waals surface area contributed by atoms with E-state index in [4.69, 9.17) is 16.1 Å². The highest BCUT2D eigenvalue weighted by Crippen LogP contribution is 2.30. The van der Waals surface area contributed by atoms with Crippen LogP contribution < -0.4 is 0 Å². The summed E-state index contributed by atoms with van der Waals surface area (Å²) >= 11 is 7.15. The van der Waals surface area contributed by atoms with E-state index in [0.29, 0.717) is 21.1 Å². The summed E-state index contributed by atoms with van der Waals surface area (Å²) in [5.41, 5.74) is 1.64. The van der Waals surface area contributed by atoms with Crippen molar-refractivity contribution in [3.05, 3.63) is 35.1 Å². The summed E-state index contributed by atoms with van der Waals surface area (Å²) in [7, 11) is 0. The minimum absolute atomic E-state index is 0.359. The lowest BCUT2D eigenvalue weighted by Gasteiger charge is -1.95. The van der Waals surface area contributed by atoms with E-state index in [1.807, 2.05) is 18.3 Å². The molecule has 8 heteroatoms. The molecule has 20 heavy (non-hydrogen) atoms. The van der Waals surface area contributed by atoms with Gasteiger partial charge >= 0.3 is 0 Å². The molecule has 4 aromatic heterocycles. The molecule has 6 nitrogen and oxygen atoms in total. The van der Waals surface area contributed by atoms with Gasteiger partial charge in [0.1, 0.15) is 9.98 Å². The third-order valence-corrected chi connectivity index (χ3v) is 3.89. The number of fused-ring (bicyclic) bond motifs is 1. The molecule has 4 rings (SSSR count). The van der Waals surface area contributed by atoms with Crippen LogP contribution in [-0.2, 0) is 0 Å². The number of nitrogens with one attached hydrogen (secondary N) is 1. The van der Waals surface area contributed by atoms with Crippen molar-refractivity contribution in [3.8, 4) is 22.3 Å². The van der Waals surface area contributed by atoms with E-state index in [1.54, 1.807) is 12.4 Å². The van der Waals surface area contributed by atoms with E-state index in [2.05, 4.69) is 25.1 Å². The van der Waals surface area contributed by atoms with E-state index in [0.717, 1.165) is 16.6 Å². The smallest absolute Gasteiger partial charge is 0.287 e. The maximum absolute atomic E-state index is 5.85. The molecule has 0 unspecified atom stereocenters. The van der Waals surface area contributed by atoms with Crippen LogP contribution in [0.1, 0.15) is 0 Å². The summed E-state index contributed by atoms with van der Waals surface area (Å²) in [6, 6.07) is 3.77. The fourth-order valence-corrected chi connectivity index (χ4v) is 2.76. The van der Waals surface area contributed by atoms with E-state index in [-0.39, 0.29) is 0 Å². The minimum Gasteiger partial charge on any atom is -0.346 e. The Kier molecular flexibility index (Phi) is 2.54. The summed E-state index contributed by atoms with van der Waals surface area (Å²) in [5, 5.41) is 5.54. The number of nitrogens with zero attached hydrogens (tertiary/aromatic N) is 4. The second kappa shape index (κ2) is 4.39. The Balaban J connectivity index is 1.84. The van der Waals surface area contributed by atoms with Gasteiger partial charge in [0.2, 0.25) is 5.82 Å². The number of hydrogen-bond donors (Lipinski definition) is 1. The van der Waals surface area contributed by atoms with Gasteiger partial charge in [-0.2, -0.15) is 4.98 Å². The molecular weight excluding hydrogens is 298 g/mol. The number of halogens is 1. The zero-order valence-corrected chi connectivity index (χ0v) is 11.4. The Morgan fingerprint density at radius 1 is 1.25 bits per heavy atom. The average Bonchev–Trinajstić information content (AvgIpc) is 3.17. The third-order valence-electron chi connectivity index (χ3n) is 2.79. The summed E-state index contributed by atoms with van der Waals surface area (Å²) in [6.07, 6.45) is 5.08. The molecule has 1 N–H and O–H groups in total. The molecule has 0 radical (unpaired) electrons. The van der Waals surface area contributed by atoms with Crippen molar-refractivity contribution in [1.29, 1.82) is 0 Å². The van der Waals surface area contributed by atoms with Crippen LogP contribution in [0.4, 0.5) is 0 Å². The number of H-pyrrole nitrogens is 1. The Hall–Kier alpha value is -2.25. The maximum Gasteiger partial charge on any atom is 0.287 e. The quantitative estimate of drug-likeness (QED) is 0.614. The Labute approximate surface area is 121 Å². The van der Waals surface area contributed by atoms with E-state index >= 15 is 0 Å². The van der Waals surface area contributed by atoms with Crippen LogP contribution >= 0.6 is 22.9 Å². The minimum atomic E-state index is 0.359. The monoisotopic (exact) mass is 303 g/mol. The molecule has 0 bridgehead atoms. The highest BCUT2D eigenvalue weighted by Gasteiger charge is 2.15. The topological polar surface area (TPSA) is 80.5 Å². The fraction of sp³-hybridized carbons (Fsp3) is 0. The van der Waals surface area contributed by atoms with Gasteiger partial charge < -0.3 is 9.51 Å². The predicted molar refractivity (Wildman–Crippen MR) is 75.5 cm³/mol. The average molecular weight is 304 g/mol. The molecule has 0 aliphatic rings. The van der Waals surface area contributed by atoms with Gasteiger partial charge in [-0.15, -0.1) is 0 Å². The predicted octanol–water partition coefficient (Wildman–Crippen LogP) is 3.39. The molecule has 0 atom stereocenters. The van der Waals surface area contributed by atoms with Crippen molar-refractivity contribution in [2.75, 3.05) is 0 Å². The second-order valence-electron chi connectivity index (χ2n) is 3.99. The van der Waals surface area contributed by atoms with Crippen LogP contribution in [0.2, 0.25) is 4.34 Å². The van der Waals surface area contributed by atoms with Gasteiger partial charge in [-0.3, -0.25) is 0 Å².